The Kier molecular flexibility index (Phi) is 5.20. The molecule has 0 aliphatic carbocycles. The summed E-state index contributed by atoms with van der Waals surface area (Å²) >= 11 is 0. The van der Waals surface area contributed by atoms with Crippen molar-refractivity contribution in [2.24, 2.45) is 0 Å². The molecule has 0 aliphatic rings. The summed E-state index contributed by atoms with van der Waals surface area (Å²) in [6.07, 6.45) is 2.06. The van der Waals surface area contributed by atoms with Gasteiger partial charge in [0.25, 0.3) is 0 Å². The standard InChI is InChI=1S/C24H21FN2O/c25-22-12-6-4-10-18(22)20(21-16-26-23-13-7-5-11-19(21)23)14-24(28)27-15-17-8-2-1-3-9-17/h1-13,16,20,26H,14-15H2,(H,27,28)/t20-/m1/s1. The third-order valence-corrected chi connectivity index (χ3v) is 5.00. The molecule has 0 spiro atoms. The van der Waals surface area contributed by atoms with Gasteiger partial charge < -0.3 is 10.3 Å². The van der Waals surface area contributed by atoms with Crippen LogP contribution in [-0.2, 0) is 11.3 Å². The molecule has 140 valence electrons. The molecule has 3 nitrogen and oxygen atoms in total. The third kappa shape index (κ3) is 3.81. The molecule has 4 aromatic rings. The van der Waals surface area contributed by atoms with Gasteiger partial charge in [-0.15, -0.1) is 0 Å². The van der Waals surface area contributed by atoms with E-state index in [1.165, 1.54) is 6.07 Å². The minimum absolute atomic E-state index is 0.109. The number of benzene rings is 3. The third-order valence-electron chi connectivity index (χ3n) is 5.00. The van der Waals surface area contributed by atoms with Crippen LogP contribution in [0.1, 0.15) is 29.0 Å². The van der Waals surface area contributed by atoms with Crippen LogP contribution < -0.4 is 5.32 Å². The minimum atomic E-state index is -0.367. The van der Waals surface area contributed by atoms with Gasteiger partial charge in [-0.1, -0.05) is 66.7 Å². The number of hydrogen-bond donors (Lipinski definition) is 2. The highest BCUT2D eigenvalue weighted by Crippen LogP contribution is 2.34. The van der Waals surface area contributed by atoms with Crippen molar-refractivity contribution >= 4 is 16.8 Å². The van der Waals surface area contributed by atoms with Crippen LogP contribution in [0.4, 0.5) is 4.39 Å². The topological polar surface area (TPSA) is 44.9 Å². The van der Waals surface area contributed by atoms with Gasteiger partial charge in [-0.3, -0.25) is 4.79 Å². The van der Waals surface area contributed by atoms with E-state index in [0.717, 1.165) is 22.0 Å². The van der Waals surface area contributed by atoms with Crippen LogP contribution in [0.5, 0.6) is 0 Å². The molecule has 3 aromatic carbocycles. The first-order chi connectivity index (χ1) is 13.7. The molecule has 1 amide bonds. The summed E-state index contributed by atoms with van der Waals surface area (Å²) in [5, 5.41) is 3.96. The van der Waals surface area contributed by atoms with Crippen LogP contribution in [0.15, 0.2) is 85.1 Å². The van der Waals surface area contributed by atoms with E-state index in [2.05, 4.69) is 10.3 Å². The van der Waals surface area contributed by atoms with E-state index in [-0.39, 0.29) is 24.1 Å². The van der Waals surface area contributed by atoms with Crippen molar-refractivity contribution in [1.29, 1.82) is 0 Å². The quantitative estimate of drug-likeness (QED) is 0.483. The van der Waals surface area contributed by atoms with Gasteiger partial charge in [0.1, 0.15) is 5.82 Å². The number of rotatable bonds is 6. The molecule has 0 aliphatic heterocycles. The monoisotopic (exact) mass is 372 g/mol. The number of halogens is 1. The van der Waals surface area contributed by atoms with Crippen molar-refractivity contribution in [1.82, 2.24) is 10.3 Å². The summed E-state index contributed by atoms with van der Waals surface area (Å²) in [7, 11) is 0. The van der Waals surface area contributed by atoms with Crippen LogP contribution in [0, 0.1) is 5.82 Å². The molecule has 0 unspecified atom stereocenters. The molecule has 1 atom stereocenters. The molecule has 0 fully saturated rings. The first kappa shape index (κ1) is 18.0. The van der Waals surface area contributed by atoms with Crippen molar-refractivity contribution in [3.63, 3.8) is 0 Å². The van der Waals surface area contributed by atoms with Crippen LogP contribution in [-0.4, -0.2) is 10.9 Å². The van der Waals surface area contributed by atoms with Gasteiger partial charge in [0.2, 0.25) is 5.91 Å². The van der Waals surface area contributed by atoms with Gasteiger partial charge in [0.05, 0.1) is 0 Å². The second-order valence-electron chi connectivity index (χ2n) is 6.83. The van der Waals surface area contributed by atoms with Gasteiger partial charge in [-0.25, -0.2) is 4.39 Å². The number of fused-ring (bicyclic) bond motifs is 1. The number of aromatic nitrogens is 1. The Morgan fingerprint density at radius 3 is 2.43 bits per heavy atom. The van der Waals surface area contributed by atoms with Gasteiger partial charge in [0.15, 0.2) is 0 Å². The molecule has 28 heavy (non-hydrogen) atoms. The zero-order valence-electron chi connectivity index (χ0n) is 15.4. The van der Waals surface area contributed by atoms with Crippen LogP contribution in [0.25, 0.3) is 10.9 Å². The average molecular weight is 372 g/mol. The van der Waals surface area contributed by atoms with E-state index in [0.29, 0.717) is 12.1 Å². The van der Waals surface area contributed by atoms with Crippen LogP contribution in [0.2, 0.25) is 0 Å². The van der Waals surface area contributed by atoms with Crippen LogP contribution in [0.3, 0.4) is 0 Å². The molecule has 0 saturated heterocycles. The van der Waals surface area contributed by atoms with Gasteiger partial charge in [0, 0.05) is 36.0 Å². The normalized spacial score (nSPS) is 12.0. The Morgan fingerprint density at radius 2 is 1.61 bits per heavy atom. The SMILES string of the molecule is O=C(C[C@H](c1ccccc1F)c1c[nH]c2ccccc12)NCc1ccccc1. The summed E-state index contributed by atoms with van der Waals surface area (Å²) in [6, 6.07) is 24.3. The largest absolute Gasteiger partial charge is 0.361 e. The van der Waals surface area contributed by atoms with Gasteiger partial charge in [-0.2, -0.15) is 0 Å². The number of H-pyrrole nitrogens is 1. The second kappa shape index (κ2) is 8.09. The highest BCUT2D eigenvalue weighted by atomic mass is 19.1. The first-order valence-corrected chi connectivity index (χ1v) is 9.33. The molecule has 1 heterocycles. The smallest absolute Gasteiger partial charge is 0.221 e. The van der Waals surface area contributed by atoms with Crippen molar-refractivity contribution in [3.8, 4) is 0 Å². The fourth-order valence-electron chi connectivity index (χ4n) is 3.58. The predicted octanol–water partition coefficient (Wildman–Crippen LogP) is 5.15. The number of amides is 1. The fourth-order valence-corrected chi connectivity index (χ4v) is 3.58. The maximum atomic E-state index is 14.6. The lowest BCUT2D eigenvalue weighted by molar-refractivity contribution is -0.121. The minimum Gasteiger partial charge on any atom is -0.361 e. The first-order valence-electron chi connectivity index (χ1n) is 9.33. The lowest BCUT2D eigenvalue weighted by atomic mass is 9.87. The lowest BCUT2D eigenvalue weighted by Crippen LogP contribution is -2.25. The molecular formula is C24H21FN2O. The summed E-state index contributed by atoms with van der Waals surface area (Å²) in [4.78, 5) is 15.9. The molecule has 4 rings (SSSR count). The summed E-state index contributed by atoms with van der Waals surface area (Å²) in [6.45, 7) is 0.456. The van der Waals surface area contributed by atoms with Gasteiger partial charge in [-0.05, 0) is 28.8 Å². The Hall–Kier alpha value is -3.40. The fraction of sp³-hybridized carbons (Fsp3) is 0.125. The van der Waals surface area contributed by atoms with E-state index < -0.39 is 0 Å². The highest BCUT2D eigenvalue weighted by Gasteiger charge is 2.23. The predicted molar refractivity (Wildman–Crippen MR) is 109 cm³/mol. The van der Waals surface area contributed by atoms with Crippen molar-refractivity contribution in [2.45, 2.75) is 18.9 Å². The number of hydrogen-bond acceptors (Lipinski definition) is 1. The Labute approximate surface area is 163 Å². The van der Waals surface area contributed by atoms with Crippen molar-refractivity contribution in [2.75, 3.05) is 0 Å². The van der Waals surface area contributed by atoms with E-state index in [9.17, 15) is 9.18 Å². The zero-order valence-corrected chi connectivity index (χ0v) is 15.4. The maximum absolute atomic E-state index is 14.6. The number of para-hydroxylation sites is 1. The summed E-state index contributed by atoms with van der Waals surface area (Å²) in [5.74, 6) is -0.774. The summed E-state index contributed by atoms with van der Waals surface area (Å²) < 4.78 is 14.6. The molecule has 0 bridgehead atoms. The van der Waals surface area contributed by atoms with Crippen LogP contribution >= 0.6 is 0 Å². The molecule has 0 saturated carbocycles. The molecular weight excluding hydrogens is 351 g/mol. The number of carbonyl (C=O) groups excluding carboxylic acids is 1. The van der Waals surface area contributed by atoms with Crippen molar-refractivity contribution in [3.05, 3.63) is 108 Å². The Balaban J connectivity index is 1.62. The Morgan fingerprint density at radius 1 is 0.893 bits per heavy atom. The average Bonchev–Trinajstić information content (AvgIpc) is 3.16. The molecule has 4 heteroatoms. The van der Waals surface area contributed by atoms with E-state index >= 15 is 0 Å². The maximum Gasteiger partial charge on any atom is 0.221 e. The summed E-state index contributed by atoms with van der Waals surface area (Å²) in [5.41, 5.74) is 3.46. The zero-order chi connectivity index (χ0) is 19.3. The van der Waals surface area contributed by atoms with Gasteiger partial charge >= 0.3 is 0 Å². The molecule has 2 N–H and O–H groups in total. The lowest BCUT2D eigenvalue weighted by Gasteiger charge is -2.18. The second-order valence-corrected chi connectivity index (χ2v) is 6.83. The molecule has 1 aromatic heterocycles. The van der Waals surface area contributed by atoms with E-state index in [4.69, 9.17) is 0 Å². The van der Waals surface area contributed by atoms with E-state index in [1.807, 2.05) is 66.9 Å². The Bertz CT molecular complexity index is 1090. The number of aromatic amines is 1. The molecule has 0 radical (unpaired) electrons. The van der Waals surface area contributed by atoms with Crippen molar-refractivity contribution < 1.29 is 9.18 Å². The highest BCUT2D eigenvalue weighted by molar-refractivity contribution is 5.86. The van der Waals surface area contributed by atoms with E-state index in [1.54, 1.807) is 12.1 Å². The number of carbonyl (C=O) groups is 1. The number of nitrogens with one attached hydrogen (secondary N) is 2.